The van der Waals surface area contributed by atoms with E-state index in [0.29, 0.717) is 22.9 Å². The molecule has 4 rings (SSSR count). The minimum Gasteiger partial charge on any atom is -0.349 e. The van der Waals surface area contributed by atoms with Gasteiger partial charge in [-0.1, -0.05) is 42.8 Å². The summed E-state index contributed by atoms with van der Waals surface area (Å²) < 4.78 is 23.4. The summed E-state index contributed by atoms with van der Waals surface area (Å²) in [5, 5.41) is 3.78. The van der Waals surface area contributed by atoms with Gasteiger partial charge in [-0.25, -0.2) is 8.42 Å². The molecular formula is C28H36ClN3O4S. The van der Waals surface area contributed by atoms with E-state index in [0.717, 1.165) is 63.0 Å². The van der Waals surface area contributed by atoms with Gasteiger partial charge in [0.05, 0.1) is 16.4 Å². The quantitative estimate of drug-likeness (QED) is 0.510. The van der Waals surface area contributed by atoms with Crippen molar-refractivity contribution < 1.29 is 18.0 Å². The molecule has 200 valence electrons. The van der Waals surface area contributed by atoms with Gasteiger partial charge >= 0.3 is 0 Å². The van der Waals surface area contributed by atoms with Crippen LogP contribution < -0.4 is 5.32 Å². The second-order valence-corrected chi connectivity index (χ2v) is 12.8. The average molecular weight is 546 g/mol. The zero-order valence-electron chi connectivity index (χ0n) is 21.6. The fourth-order valence-electron chi connectivity index (χ4n) is 5.43. The molecule has 1 atom stereocenters. The largest absolute Gasteiger partial charge is 0.349 e. The molecule has 2 fully saturated rings. The third-order valence-electron chi connectivity index (χ3n) is 7.78. The minimum absolute atomic E-state index is 0.0187. The van der Waals surface area contributed by atoms with Gasteiger partial charge in [-0.3, -0.25) is 9.59 Å². The Hall–Kier alpha value is -2.42. The van der Waals surface area contributed by atoms with Crippen LogP contribution in [0.1, 0.15) is 56.2 Å². The van der Waals surface area contributed by atoms with Crippen molar-refractivity contribution >= 4 is 33.3 Å². The molecule has 0 bridgehead atoms. The fraction of sp³-hybridized carbons (Fsp3) is 0.500. The normalized spacial score (nSPS) is 18.8. The van der Waals surface area contributed by atoms with Gasteiger partial charge in [-0.2, -0.15) is 0 Å². The Kier molecular flexibility index (Phi) is 8.61. The summed E-state index contributed by atoms with van der Waals surface area (Å²) >= 11 is 6.20. The Morgan fingerprint density at radius 1 is 1.08 bits per heavy atom. The molecule has 1 unspecified atom stereocenters. The lowest BCUT2D eigenvalue weighted by Crippen LogP contribution is -2.45. The predicted octanol–water partition coefficient (Wildman–Crippen LogP) is 4.22. The van der Waals surface area contributed by atoms with Crippen LogP contribution in [0, 0.1) is 5.41 Å². The lowest BCUT2D eigenvalue weighted by Gasteiger charge is -2.38. The van der Waals surface area contributed by atoms with E-state index < -0.39 is 9.84 Å². The van der Waals surface area contributed by atoms with Crippen molar-refractivity contribution in [2.75, 3.05) is 32.4 Å². The van der Waals surface area contributed by atoms with Crippen LogP contribution in [0.2, 0.25) is 5.02 Å². The highest BCUT2D eigenvalue weighted by Gasteiger charge is 2.47. The second kappa shape index (κ2) is 11.5. The number of benzene rings is 2. The number of hydrogen-bond acceptors (Lipinski definition) is 5. The highest BCUT2D eigenvalue weighted by Crippen LogP contribution is 2.42. The molecule has 2 aliphatic rings. The van der Waals surface area contributed by atoms with Crippen LogP contribution in [-0.4, -0.2) is 62.5 Å². The summed E-state index contributed by atoms with van der Waals surface area (Å²) in [6, 6.07) is 14.4. The first-order valence-electron chi connectivity index (χ1n) is 13.0. The van der Waals surface area contributed by atoms with Crippen LogP contribution in [0.3, 0.4) is 0 Å². The summed E-state index contributed by atoms with van der Waals surface area (Å²) in [7, 11) is -3.23. The van der Waals surface area contributed by atoms with E-state index in [1.807, 2.05) is 36.1 Å². The smallest absolute Gasteiger partial charge is 0.229 e. The van der Waals surface area contributed by atoms with E-state index in [1.54, 1.807) is 24.3 Å². The van der Waals surface area contributed by atoms with Gasteiger partial charge in [-0.05, 0) is 74.2 Å². The van der Waals surface area contributed by atoms with E-state index in [9.17, 15) is 18.0 Å². The van der Waals surface area contributed by atoms with E-state index in [1.165, 1.54) is 6.26 Å². The zero-order chi connectivity index (χ0) is 26.6. The zero-order valence-corrected chi connectivity index (χ0v) is 23.2. The molecule has 37 heavy (non-hydrogen) atoms. The van der Waals surface area contributed by atoms with E-state index in [-0.39, 0.29) is 23.3 Å². The van der Waals surface area contributed by atoms with Crippen LogP contribution in [0.25, 0.3) is 0 Å². The fourth-order valence-corrected chi connectivity index (χ4v) is 6.26. The molecule has 1 spiro atoms. The number of likely N-dealkylation sites (tertiary alicyclic amines) is 2. The molecule has 1 N–H and O–H groups in total. The van der Waals surface area contributed by atoms with Crippen LogP contribution in [0.4, 0.5) is 0 Å². The molecular weight excluding hydrogens is 510 g/mol. The maximum Gasteiger partial charge on any atom is 0.229 e. The number of carbonyl (C=O) groups excluding carboxylic acids is 2. The van der Waals surface area contributed by atoms with Gasteiger partial charge in [0, 0.05) is 37.3 Å². The number of sulfone groups is 1. The van der Waals surface area contributed by atoms with Gasteiger partial charge in [0.2, 0.25) is 11.8 Å². The number of piperidine rings is 1. The van der Waals surface area contributed by atoms with Crippen molar-refractivity contribution in [1.29, 1.82) is 0 Å². The maximum absolute atomic E-state index is 13.4. The van der Waals surface area contributed by atoms with E-state index in [2.05, 4.69) is 10.2 Å². The molecule has 2 amide bonds. The molecule has 0 radical (unpaired) electrons. The lowest BCUT2D eigenvalue weighted by atomic mass is 9.77. The first-order chi connectivity index (χ1) is 17.6. The van der Waals surface area contributed by atoms with E-state index in [4.69, 9.17) is 11.6 Å². The monoisotopic (exact) mass is 545 g/mol. The highest BCUT2D eigenvalue weighted by molar-refractivity contribution is 7.90. The Morgan fingerprint density at radius 2 is 1.76 bits per heavy atom. The third kappa shape index (κ3) is 6.72. The van der Waals surface area contributed by atoms with Crippen molar-refractivity contribution in [2.45, 2.75) is 56.5 Å². The van der Waals surface area contributed by atoms with Crippen molar-refractivity contribution in [3.8, 4) is 0 Å². The Labute approximate surface area is 225 Å². The number of rotatable bonds is 9. The van der Waals surface area contributed by atoms with Crippen LogP contribution in [0.5, 0.6) is 0 Å². The van der Waals surface area contributed by atoms with Crippen LogP contribution in [-0.2, 0) is 26.0 Å². The van der Waals surface area contributed by atoms with Gasteiger partial charge < -0.3 is 15.1 Å². The molecule has 0 aromatic heterocycles. The van der Waals surface area contributed by atoms with Crippen molar-refractivity contribution in [3.63, 3.8) is 0 Å². The summed E-state index contributed by atoms with van der Waals surface area (Å²) in [5.41, 5.74) is 1.65. The summed E-state index contributed by atoms with van der Waals surface area (Å²) in [6.45, 7) is 5.63. The van der Waals surface area contributed by atoms with Crippen LogP contribution in [0.15, 0.2) is 53.4 Å². The minimum atomic E-state index is -3.23. The summed E-state index contributed by atoms with van der Waals surface area (Å²) in [6.07, 6.45) is 4.93. The topological polar surface area (TPSA) is 86.8 Å². The van der Waals surface area contributed by atoms with Crippen molar-refractivity contribution in [1.82, 2.24) is 15.1 Å². The molecule has 0 aliphatic carbocycles. The second-order valence-electron chi connectivity index (χ2n) is 10.3. The number of nitrogens with one attached hydrogen (secondary N) is 1. The molecule has 2 saturated heterocycles. The van der Waals surface area contributed by atoms with Gasteiger partial charge in [0.1, 0.15) is 0 Å². The average Bonchev–Trinajstić information content (AvgIpc) is 3.17. The molecule has 2 aliphatic heterocycles. The Morgan fingerprint density at radius 3 is 2.38 bits per heavy atom. The molecule has 9 heteroatoms. The molecule has 2 heterocycles. The van der Waals surface area contributed by atoms with Gasteiger partial charge in [-0.15, -0.1) is 0 Å². The lowest BCUT2D eigenvalue weighted by molar-refractivity contribution is -0.139. The highest BCUT2D eigenvalue weighted by atomic mass is 35.5. The van der Waals surface area contributed by atoms with Crippen molar-refractivity contribution in [3.05, 3.63) is 64.7 Å². The number of hydrogen-bond donors (Lipinski definition) is 1. The molecule has 2 aromatic carbocycles. The van der Waals surface area contributed by atoms with Crippen LogP contribution >= 0.6 is 11.6 Å². The summed E-state index contributed by atoms with van der Waals surface area (Å²) in [5.74, 6) is 0.233. The van der Waals surface area contributed by atoms with Crippen molar-refractivity contribution in [2.24, 2.45) is 5.41 Å². The number of halogens is 1. The predicted molar refractivity (Wildman–Crippen MR) is 145 cm³/mol. The first-order valence-corrected chi connectivity index (χ1v) is 15.2. The first kappa shape index (κ1) is 27.6. The Balaban J connectivity index is 1.32. The number of amides is 2. The van der Waals surface area contributed by atoms with Gasteiger partial charge in [0.15, 0.2) is 9.84 Å². The molecule has 0 saturated carbocycles. The number of nitrogens with zero attached hydrogens (tertiary/aromatic N) is 2. The maximum atomic E-state index is 13.4. The SMILES string of the molecule is CCC(=O)NC(CCN1CCC2(CC1)CCN(Cc1ccc(S(C)(=O)=O)cc1)C2=O)c1cccc(Cl)c1. The molecule has 7 nitrogen and oxygen atoms in total. The standard InChI is InChI=1S/C28H36ClN3O4S/c1-3-26(33)30-25(22-5-4-6-23(29)19-22)11-15-31-16-12-28(13-17-31)14-18-32(27(28)34)20-21-7-9-24(10-8-21)37(2,35)36/h4-10,19,25H,3,11-18,20H2,1-2H3,(H,30,33). The molecule has 2 aromatic rings. The van der Waals surface area contributed by atoms with E-state index >= 15 is 0 Å². The third-order valence-corrected chi connectivity index (χ3v) is 9.14. The number of carbonyl (C=O) groups is 2. The Bertz CT molecular complexity index is 1220. The summed E-state index contributed by atoms with van der Waals surface area (Å²) in [4.78, 5) is 30.1. The van der Waals surface area contributed by atoms with Gasteiger partial charge in [0.25, 0.3) is 0 Å².